The molecule has 1 atom stereocenters. The maximum absolute atomic E-state index is 11.6. The molecule has 1 aliphatic heterocycles. The summed E-state index contributed by atoms with van der Waals surface area (Å²) in [6.45, 7) is 6.31. The number of hydrogen-bond donors (Lipinski definition) is 1. The molecular weight excluding hydrogens is 262 g/mol. The smallest absolute Gasteiger partial charge is 0.152 e. The van der Waals surface area contributed by atoms with Gasteiger partial charge in [-0.05, 0) is 18.8 Å². The first-order valence-electron chi connectivity index (χ1n) is 6.93. The third-order valence-electron chi connectivity index (χ3n) is 3.68. The molecule has 1 aliphatic rings. The molecule has 1 saturated heterocycles. The van der Waals surface area contributed by atoms with Gasteiger partial charge in [-0.15, -0.1) is 0 Å². The highest BCUT2D eigenvalue weighted by molar-refractivity contribution is 7.91. The first kappa shape index (κ1) is 14.4. The molecule has 0 aliphatic carbocycles. The van der Waals surface area contributed by atoms with E-state index in [4.69, 9.17) is 5.73 Å². The van der Waals surface area contributed by atoms with E-state index in [1.807, 2.05) is 0 Å². The maximum atomic E-state index is 11.6. The monoisotopic (exact) mass is 285 g/mol. The molecule has 1 fully saturated rings. The van der Waals surface area contributed by atoms with Crippen LogP contribution in [-0.4, -0.2) is 29.7 Å². The number of nitrogens with two attached hydrogens (primary N) is 1. The van der Waals surface area contributed by atoms with Crippen LogP contribution in [0.25, 0.3) is 0 Å². The lowest BCUT2D eigenvalue weighted by atomic mass is 10.0. The lowest BCUT2D eigenvalue weighted by molar-refractivity contribution is 0.501. The third-order valence-corrected chi connectivity index (χ3v) is 5.43. The van der Waals surface area contributed by atoms with Gasteiger partial charge in [0, 0.05) is 5.56 Å². The summed E-state index contributed by atoms with van der Waals surface area (Å²) >= 11 is 0. The van der Waals surface area contributed by atoms with E-state index >= 15 is 0 Å². The average Bonchev–Trinajstić information content (AvgIpc) is 2.80. The van der Waals surface area contributed by atoms with Gasteiger partial charge in [0.1, 0.15) is 5.82 Å². The predicted molar refractivity (Wildman–Crippen MR) is 77.0 cm³/mol. The zero-order chi connectivity index (χ0) is 14.2. The van der Waals surface area contributed by atoms with Crippen LogP contribution in [0.5, 0.6) is 0 Å². The van der Waals surface area contributed by atoms with Crippen molar-refractivity contribution in [2.45, 2.75) is 52.0 Å². The molecule has 0 amide bonds. The van der Waals surface area contributed by atoms with Crippen LogP contribution in [0.1, 0.15) is 56.8 Å². The maximum Gasteiger partial charge on any atom is 0.152 e. The van der Waals surface area contributed by atoms with Crippen LogP contribution < -0.4 is 5.73 Å². The minimum atomic E-state index is -2.91. The molecule has 0 radical (unpaired) electrons. The highest BCUT2D eigenvalue weighted by atomic mass is 32.2. The first-order chi connectivity index (χ1) is 8.85. The van der Waals surface area contributed by atoms with Crippen molar-refractivity contribution in [2.75, 3.05) is 17.2 Å². The summed E-state index contributed by atoms with van der Waals surface area (Å²) in [7, 11) is -2.91. The molecule has 108 valence electrons. The normalized spacial score (nSPS) is 22.2. The molecule has 1 unspecified atom stereocenters. The van der Waals surface area contributed by atoms with Crippen molar-refractivity contribution in [3.05, 3.63) is 11.3 Å². The molecular formula is C13H23N3O2S. The summed E-state index contributed by atoms with van der Waals surface area (Å²) in [5.41, 5.74) is 8.33. The van der Waals surface area contributed by atoms with Crippen molar-refractivity contribution in [3.8, 4) is 0 Å². The lowest BCUT2D eigenvalue weighted by Crippen LogP contribution is -2.15. The molecule has 0 spiro atoms. The number of sulfone groups is 1. The minimum absolute atomic E-state index is 0.0897. The minimum Gasteiger partial charge on any atom is -0.384 e. The number of rotatable bonds is 4. The highest BCUT2D eigenvalue weighted by Gasteiger charge is 2.32. The third kappa shape index (κ3) is 2.78. The Morgan fingerprint density at radius 2 is 2.16 bits per heavy atom. The molecule has 2 rings (SSSR count). The fourth-order valence-electron chi connectivity index (χ4n) is 2.81. The van der Waals surface area contributed by atoms with Gasteiger partial charge in [-0.3, -0.25) is 0 Å². The standard InChI is InChI=1S/C13H23N3O2S/c1-4-5-11-12(9(2)3)13(14)16(15-11)10-6-7-19(17,18)8-10/h9-10H,4-8,14H2,1-3H3. The van der Waals surface area contributed by atoms with Crippen LogP contribution in [0.2, 0.25) is 0 Å². The van der Waals surface area contributed by atoms with Gasteiger partial charge in [0.25, 0.3) is 0 Å². The number of hydrogen-bond acceptors (Lipinski definition) is 4. The summed E-state index contributed by atoms with van der Waals surface area (Å²) in [5, 5.41) is 4.60. The fourth-order valence-corrected chi connectivity index (χ4v) is 4.50. The van der Waals surface area contributed by atoms with E-state index in [0.717, 1.165) is 24.1 Å². The summed E-state index contributed by atoms with van der Waals surface area (Å²) in [5.74, 6) is 1.38. The van der Waals surface area contributed by atoms with Crippen LogP contribution in [0.15, 0.2) is 0 Å². The largest absolute Gasteiger partial charge is 0.384 e. The van der Waals surface area contributed by atoms with E-state index < -0.39 is 9.84 Å². The predicted octanol–water partition coefficient (Wildman–Crippen LogP) is 1.90. The molecule has 6 heteroatoms. The number of nitrogen functional groups attached to an aromatic ring is 1. The van der Waals surface area contributed by atoms with Gasteiger partial charge in [0.05, 0.1) is 23.2 Å². The number of nitrogens with zero attached hydrogens (tertiary/aromatic N) is 2. The molecule has 5 nitrogen and oxygen atoms in total. The fraction of sp³-hybridized carbons (Fsp3) is 0.769. The van der Waals surface area contributed by atoms with Crippen molar-refractivity contribution >= 4 is 15.7 Å². The molecule has 2 heterocycles. The van der Waals surface area contributed by atoms with Crippen molar-refractivity contribution < 1.29 is 8.42 Å². The second-order valence-corrected chi connectivity index (χ2v) is 7.88. The van der Waals surface area contributed by atoms with Crippen molar-refractivity contribution in [1.29, 1.82) is 0 Å². The van der Waals surface area contributed by atoms with Crippen LogP contribution in [0.4, 0.5) is 5.82 Å². The number of aryl methyl sites for hydroxylation is 1. The number of anilines is 1. The first-order valence-corrected chi connectivity index (χ1v) is 8.75. The number of aromatic nitrogens is 2. The van der Waals surface area contributed by atoms with E-state index in [-0.39, 0.29) is 17.5 Å². The van der Waals surface area contributed by atoms with E-state index in [0.29, 0.717) is 18.2 Å². The molecule has 0 aromatic carbocycles. The Hall–Kier alpha value is -1.04. The summed E-state index contributed by atoms with van der Waals surface area (Å²) in [6, 6.07) is -0.0897. The van der Waals surface area contributed by atoms with Crippen LogP contribution in [0.3, 0.4) is 0 Å². The van der Waals surface area contributed by atoms with Crippen LogP contribution >= 0.6 is 0 Å². The van der Waals surface area contributed by atoms with E-state index in [2.05, 4.69) is 25.9 Å². The van der Waals surface area contributed by atoms with Gasteiger partial charge < -0.3 is 5.73 Å². The second kappa shape index (κ2) is 5.15. The van der Waals surface area contributed by atoms with E-state index in [9.17, 15) is 8.42 Å². The Kier molecular flexibility index (Phi) is 3.90. The Morgan fingerprint density at radius 3 is 2.63 bits per heavy atom. The Bertz CT molecular complexity index is 561. The molecule has 2 N–H and O–H groups in total. The summed E-state index contributed by atoms with van der Waals surface area (Å²) < 4.78 is 24.9. The zero-order valence-electron chi connectivity index (χ0n) is 11.9. The second-order valence-electron chi connectivity index (χ2n) is 5.65. The van der Waals surface area contributed by atoms with E-state index in [1.165, 1.54) is 0 Å². The Morgan fingerprint density at radius 1 is 1.47 bits per heavy atom. The molecule has 0 saturated carbocycles. The van der Waals surface area contributed by atoms with Crippen LogP contribution in [0, 0.1) is 0 Å². The van der Waals surface area contributed by atoms with Gasteiger partial charge in [-0.25, -0.2) is 13.1 Å². The Balaban J connectivity index is 2.39. The van der Waals surface area contributed by atoms with Gasteiger partial charge >= 0.3 is 0 Å². The SMILES string of the molecule is CCCc1nn(C2CCS(=O)(=O)C2)c(N)c1C(C)C. The highest BCUT2D eigenvalue weighted by Crippen LogP contribution is 2.32. The molecule has 0 bridgehead atoms. The summed E-state index contributed by atoms with van der Waals surface area (Å²) in [4.78, 5) is 0. The average molecular weight is 285 g/mol. The van der Waals surface area contributed by atoms with Crippen molar-refractivity contribution in [1.82, 2.24) is 9.78 Å². The van der Waals surface area contributed by atoms with Gasteiger partial charge in [0.15, 0.2) is 9.84 Å². The zero-order valence-corrected chi connectivity index (χ0v) is 12.7. The Labute approximate surface area is 115 Å². The van der Waals surface area contributed by atoms with Crippen molar-refractivity contribution in [3.63, 3.8) is 0 Å². The van der Waals surface area contributed by atoms with Crippen molar-refractivity contribution in [2.24, 2.45) is 0 Å². The van der Waals surface area contributed by atoms with E-state index in [1.54, 1.807) is 4.68 Å². The topological polar surface area (TPSA) is 78.0 Å². The lowest BCUT2D eigenvalue weighted by Gasteiger charge is -2.11. The van der Waals surface area contributed by atoms with Crippen LogP contribution in [-0.2, 0) is 16.3 Å². The quantitative estimate of drug-likeness (QED) is 0.916. The molecule has 1 aromatic rings. The molecule has 1 aromatic heterocycles. The molecule has 19 heavy (non-hydrogen) atoms. The summed E-state index contributed by atoms with van der Waals surface area (Å²) in [6.07, 6.45) is 2.53. The van der Waals surface area contributed by atoms with Gasteiger partial charge in [-0.1, -0.05) is 27.2 Å². The van der Waals surface area contributed by atoms with Gasteiger partial charge in [-0.2, -0.15) is 5.10 Å². The van der Waals surface area contributed by atoms with Gasteiger partial charge in [0.2, 0.25) is 0 Å².